The van der Waals surface area contributed by atoms with Gasteiger partial charge in [-0.05, 0) is 12.8 Å². The van der Waals surface area contributed by atoms with Crippen molar-refractivity contribution < 1.29 is 0 Å². The summed E-state index contributed by atoms with van der Waals surface area (Å²) in [7, 11) is 0. The smallest absolute Gasteiger partial charge is 0.0387 e. The van der Waals surface area contributed by atoms with Gasteiger partial charge in [0, 0.05) is 10.2 Å². The second-order valence-electron chi connectivity index (χ2n) is 1.99. The molecule has 0 atom stereocenters. The summed E-state index contributed by atoms with van der Waals surface area (Å²) in [6.45, 7) is 4.28. The summed E-state index contributed by atoms with van der Waals surface area (Å²) < 4.78 is 0.203. The molecule has 0 radical (unpaired) electrons. The van der Waals surface area contributed by atoms with Gasteiger partial charge in [0.1, 0.15) is 0 Å². The fraction of sp³-hybridized carbons (Fsp3) is 1.00. The van der Waals surface area contributed by atoms with E-state index in [4.69, 9.17) is 11.6 Å². The summed E-state index contributed by atoms with van der Waals surface area (Å²) in [5, 5.41) is 0. The molecule has 0 rings (SSSR count). The van der Waals surface area contributed by atoms with Crippen LogP contribution in [0.3, 0.4) is 0 Å². The van der Waals surface area contributed by atoms with Gasteiger partial charge in [0.25, 0.3) is 0 Å². The molecule has 0 saturated carbocycles. The first kappa shape index (κ1) is 8.77. The topological polar surface area (TPSA) is 0 Å². The Bertz CT molecular complexity index is 51.3. The molecule has 0 aliphatic rings. The summed E-state index contributed by atoms with van der Waals surface area (Å²) in [4.78, 5) is 0. The monoisotopic (exact) mass is 198 g/mol. The molecule has 0 nitrogen and oxygen atoms in total. The van der Waals surface area contributed by atoms with Crippen molar-refractivity contribution in [3.63, 3.8) is 0 Å². The van der Waals surface area contributed by atoms with E-state index in [2.05, 4.69) is 29.8 Å². The third-order valence-electron chi connectivity index (χ3n) is 1.51. The van der Waals surface area contributed by atoms with Crippen molar-refractivity contribution in [3.8, 4) is 0 Å². The van der Waals surface area contributed by atoms with Crippen LogP contribution in [-0.2, 0) is 0 Å². The molecule has 0 aliphatic carbocycles. The van der Waals surface area contributed by atoms with Crippen molar-refractivity contribution in [1.82, 2.24) is 0 Å². The van der Waals surface area contributed by atoms with Gasteiger partial charge < -0.3 is 0 Å². The van der Waals surface area contributed by atoms with E-state index in [-0.39, 0.29) is 4.32 Å². The molecule has 0 aromatic heterocycles. The molecular formula is C6H12BrCl. The molecular weight excluding hydrogens is 187 g/mol. The molecule has 50 valence electrons. The van der Waals surface area contributed by atoms with Crippen LogP contribution in [-0.4, -0.2) is 10.2 Å². The lowest BCUT2D eigenvalue weighted by molar-refractivity contribution is 0.620. The number of halogens is 2. The van der Waals surface area contributed by atoms with E-state index in [0.717, 1.165) is 12.8 Å². The lowest BCUT2D eigenvalue weighted by Gasteiger charge is -2.19. The first-order valence-electron chi connectivity index (χ1n) is 2.93. The van der Waals surface area contributed by atoms with Gasteiger partial charge in [-0.2, -0.15) is 0 Å². The summed E-state index contributed by atoms with van der Waals surface area (Å²) in [5.41, 5.74) is 0. The molecule has 0 N–H and O–H groups in total. The van der Waals surface area contributed by atoms with Crippen LogP contribution in [0.15, 0.2) is 0 Å². The summed E-state index contributed by atoms with van der Waals surface area (Å²) in [6, 6.07) is 0. The van der Waals surface area contributed by atoms with Crippen molar-refractivity contribution in [1.29, 1.82) is 0 Å². The predicted octanol–water partition coefficient (Wildman–Crippen LogP) is 3.18. The van der Waals surface area contributed by atoms with Gasteiger partial charge in [0.15, 0.2) is 0 Å². The number of hydrogen-bond acceptors (Lipinski definition) is 0. The fourth-order valence-electron chi connectivity index (χ4n) is 0.439. The molecule has 8 heavy (non-hydrogen) atoms. The third kappa shape index (κ3) is 2.36. The average molecular weight is 200 g/mol. The molecule has 0 fully saturated rings. The van der Waals surface area contributed by atoms with Crippen LogP contribution < -0.4 is 0 Å². The molecule has 0 aromatic rings. The Balaban J connectivity index is 3.58. The number of rotatable bonds is 3. The van der Waals surface area contributed by atoms with E-state index in [0.29, 0.717) is 5.88 Å². The lowest BCUT2D eigenvalue weighted by atomic mass is 10.1. The molecule has 0 bridgehead atoms. The van der Waals surface area contributed by atoms with Gasteiger partial charge in [-0.15, -0.1) is 11.6 Å². The van der Waals surface area contributed by atoms with E-state index >= 15 is 0 Å². The van der Waals surface area contributed by atoms with Gasteiger partial charge >= 0.3 is 0 Å². The average Bonchev–Trinajstić information content (AvgIpc) is 1.87. The van der Waals surface area contributed by atoms with E-state index in [9.17, 15) is 0 Å². The highest BCUT2D eigenvalue weighted by Gasteiger charge is 2.19. The summed E-state index contributed by atoms with van der Waals surface area (Å²) in [6.07, 6.45) is 2.21. The van der Waals surface area contributed by atoms with E-state index < -0.39 is 0 Å². The maximum absolute atomic E-state index is 5.66. The zero-order chi connectivity index (χ0) is 6.62. The van der Waals surface area contributed by atoms with Gasteiger partial charge in [0.2, 0.25) is 0 Å². The van der Waals surface area contributed by atoms with E-state index in [1.807, 2.05) is 0 Å². The Labute approximate surface area is 64.7 Å². The van der Waals surface area contributed by atoms with Gasteiger partial charge in [-0.3, -0.25) is 0 Å². The van der Waals surface area contributed by atoms with Crippen molar-refractivity contribution >= 4 is 27.5 Å². The number of alkyl halides is 2. The van der Waals surface area contributed by atoms with Crippen LogP contribution in [0.25, 0.3) is 0 Å². The standard InChI is InChI=1S/C6H12BrCl/c1-3-6(7,4-2)5-8/h3-5H2,1-2H3. The molecule has 0 aliphatic heterocycles. The van der Waals surface area contributed by atoms with Crippen molar-refractivity contribution in [3.05, 3.63) is 0 Å². The Morgan fingerprint density at radius 2 is 1.75 bits per heavy atom. The van der Waals surface area contributed by atoms with Crippen LogP contribution >= 0.6 is 27.5 Å². The molecule has 0 unspecified atom stereocenters. The molecule has 0 aromatic carbocycles. The molecule has 0 saturated heterocycles. The minimum Gasteiger partial charge on any atom is -0.125 e. The van der Waals surface area contributed by atoms with Crippen LogP contribution in [0.5, 0.6) is 0 Å². The zero-order valence-electron chi connectivity index (χ0n) is 5.38. The maximum atomic E-state index is 5.66. The summed E-state index contributed by atoms with van der Waals surface area (Å²) >= 11 is 9.21. The normalized spacial score (nSPS) is 12.0. The first-order valence-corrected chi connectivity index (χ1v) is 4.26. The molecule has 2 heteroatoms. The minimum atomic E-state index is 0.203. The summed E-state index contributed by atoms with van der Waals surface area (Å²) in [5.74, 6) is 0.708. The Hall–Kier alpha value is 0.770. The molecule has 0 spiro atoms. The van der Waals surface area contributed by atoms with Crippen molar-refractivity contribution in [2.75, 3.05) is 5.88 Å². The lowest BCUT2D eigenvalue weighted by Crippen LogP contribution is -2.19. The SMILES string of the molecule is CCC(Br)(CC)CCl. The van der Waals surface area contributed by atoms with Crippen LogP contribution in [0.2, 0.25) is 0 Å². The van der Waals surface area contributed by atoms with Crippen LogP contribution in [0.1, 0.15) is 26.7 Å². The highest BCUT2D eigenvalue weighted by Crippen LogP contribution is 2.27. The van der Waals surface area contributed by atoms with Crippen LogP contribution in [0, 0.1) is 0 Å². The maximum Gasteiger partial charge on any atom is 0.0387 e. The second kappa shape index (κ2) is 3.73. The first-order chi connectivity index (χ1) is 3.68. The Morgan fingerprint density at radius 3 is 1.75 bits per heavy atom. The number of hydrogen-bond donors (Lipinski definition) is 0. The Kier molecular flexibility index (Phi) is 4.09. The molecule has 0 heterocycles. The predicted molar refractivity (Wildman–Crippen MR) is 43.0 cm³/mol. The quantitative estimate of drug-likeness (QED) is 0.613. The van der Waals surface area contributed by atoms with Crippen molar-refractivity contribution in [2.45, 2.75) is 31.0 Å². The van der Waals surface area contributed by atoms with Gasteiger partial charge in [-0.25, -0.2) is 0 Å². The zero-order valence-corrected chi connectivity index (χ0v) is 7.72. The second-order valence-corrected chi connectivity index (χ2v) is 3.94. The highest BCUT2D eigenvalue weighted by molar-refractivity contribution is 9.10. The van der Waals surface area contributed by atoms with Crippen molar-refractivity contribution in [2.24, 2.45) is 0 Å². The van der Waals surface area contributed by atoms with Crippen LogP contribution in [0.4, 0.5) is 0 Å². The minimum absolute atomic E-state index is 0.203. The third-order valence-corrected chi connectivity index (χ3v) is 3.74. The molecule has 0 amide bonds. The van der Waals surface area contributed by atoms with Gasteiger partial charge in [0.05, 0.1) is 0 Å². The fourth-order valence-corrected chi connectivity index (χ4v) is 0.817. The van der Waals surface area contributed by atoms with E-state index in [1.54, 1.807) is 0 Å². The largest absolute Gasteiger partial charge is 0.125 e. The van der Waals surface area contributed by atoms with Gasteiger partial charge in [-0.1, -0.05) is 29.8 Å². The highest BCUT2D eigenvalue weighted by atomic mass is 79.9. The van der Waals surface area contributed by atoms with E-state index in [1.165, 1.54) is 0 Å². The Morgan fingerprint density at radius 1 is 1.38 bits per heavy atom.